The van der Waals surface area contributed by atoms with Gasteiger partial charge in [0.15, 0.2) is 0 Å². The molecule has 1 unspecified atom stereocenters. The smallest absolute Gasteiger partial charge is 0.120 e. The number of nitrogens with one attached hydrogen (secondary N) is 1. The maximum atomic E-state index is 5.90. The van der Waals surface area contributed by atoms with E-state index >= 15 is 0 Å². The van der Waals surface area contributed by atoms with E-state index < -0.39 is 0 Å². The zero-order valence-electron chi connectivity index (χ0n) is 12.5. The van der Waals surface area contributed by atoms with Crippen LogP contribution in [0.15, 0.2) is 24.3 Å². The number of hydrogen-bond donors (Lipinski definition) is 1. The molecule has 1 aromatic carbocycles. The topological polar surface area (TPSA) is 47.0 Å². The third-order valence-corrected chi connectivity index (χ3v) is 4.47. The molecule has 1 atom stereocenters. The Hall–Kier alpha value is -1.46. The average Bonchev–Trinajstić information content (AvgIpc) is 3.19. The molecule has 1 aliphatic carbocycles. The van der Waals surface area contributed by atoms with Gasteiger partial charge in [-0.15, -0.1) is 5.10 Å². The quantitative estimate of drug-likeness (QED) is 0.852. The van der Waals surface area contributed by atoms with Gasteiger partial charge < -0.3 is 10.1 Å². The van der Waals surface area contributed by atoms with Crippen LogP contribution in [0.2, 0.25) is 0 Å². The summed E-state index contributed by atoms with van der Waals surface area (Å²) in [5.41, 5.74) is 2.31. The van der Waals surface area contributed by atoms with Crippen LogP contribution in [0.5, 0.6) is 5.75 Å². The molecule has 3 rings (SSSR count). The lowest BCUT2D eigenvalue weighted by atomic mass is 10.0. The van der Waals surface area contributed by atoms with Gasteiger partial charge in [0.25, 0.3) is 0 Å². The number of rotatable bonds is 7. The van der Waals surface area contributed by atoms with E-state index in [0.29, 0.717) is 6.10 Å². The Morgan fingerprint density at radius 2 is 2.29 bits per heavy atom. The highest BCUT2D eigenvalue weighted by atomic mass is 32.1. The zero-order chi connectivity index (χ0) is 14.7. The molecule has 0 aliphatic heterocycles. The molecule has 0 amide bonds. The Morgan fingerprint density at radius 1 is 1.43 bits per heavy atom. The maximum absolute atomic E-state index is 5.90. The lowest BCUT2D eigenvalue weighted by Gasteiger charge is -2.17. The molecule has 1 aromatic heterocycles. The van der Waals surface area contributed by atoms with Crippen LogP contribution in [0.1, 0.15) is 48.4 Å². The van der Waals surface area contributed by atoms with Crippen molar-refractivity contribution in [3.8, 4) is 5.75 Å². The first kappa shape index (κ1) is 14.5. The van der Waals surface area contributed by atoms with Crippen LogP contribution in [0.25, 0.3) is 0 Å². The van der Waals surface area contributed by atoms with Gasteiger partial charge in [0, 0.05) is 0 Å². The van der Waals surface area contributed by atoms with Gasteiger partial charge in [0.2, 0.25) is 0 Å². The van der Waals surface area contributed by atoms with Crippen LogP contribution >= 0.6 is 11.5 Å². The van der Waals surface area contributed by atoms with E-state index in [0.717, 1.165) is 24.3 Å². The van der Waals surface area contributed by atoms with Crippen LogP contribution in [0.3, 0.4) is 0 Å². The van der Waals surface area contributed by atoms with E-state index in [1.54, 1.807) is 0 Å². The van der Waals surface area contributed by atoms with Crippen molar-refractivity contribution in [3.63, 3.8) is 0 Å². The van der Waals surface area contributed by atoms with Crippen LogP contribution < -0.4 is 10.1 Å². The Labute approximate surface area is 129 Å². The van der Waals surface area contributed by atoms with Crippen molar-refractivity contribution in [3.05, 3.63) is 40.4 Å². The molecule has 0 spiro atoms. The first-order valence-electron chi connectivity index (χ1n) is 7.56. The Kier molecular flexibility index (Phi) is 4.51. The van der Waals surface area contributed by atoms with Crippen molar-refractivity contribution in [2.45, 2.75) is 44.8 Å². The second-order valence-corrected chi connectivity index (χ2v) is 6.23. The minimum absolute atomic E-state index is 0.134. The van der Waals surface area contributed by atoms with Crippen LogP contribution in [0, 0.1) is 0 Å². The van der Waals surface area contributed by atoms with Gasteiger partial charge in [0.1, 0.15) is 5.75 Å². The van der Waals surface area contributed by atoms with Gasteiger partial charge in [-0.25, -0.2) is 0 Å². The summed E-state index contributed by atoms with van der Waals surface area (Å²) < 4.78 is 10.0. The molecular formula is C16H21N3OS. The fourth-order valence-electron chi connectivity index (χ4n) is 2.44. The second kappa shape index (κ2) is 6.54. The molecule has 1 aliphatic rings. The summed E-state index contributed by atoms with van der Waals surface area (Å²) in [6.07, 6.45) is 4.84. The van der Waals surface area contributed by atoms with E-state index in [1.165, 1.54) is 34.8 Å². The third kappa shape index (κ3) is 3.41. The third-order valence-electron chi connectivity index (χ3n) is 3.64. The molecule has 0 bridgehead atoms. The van der Waals surface area contributed by atoms with Crippen molar-refractivity contribution < 1.29 is 4.74 Å². The van der Waals surface area contributed by atoms with Crippen LogP contribution in [-0.2, 0) is 6.42 Å². The normalized spacial score (nSPS) is 15.9. The number of ether oxygens (including phenoxy) is 1. The standard InChI is InChI=1S/C16H21N3OS/c1-3-5-14-16(21-19-18-14)15(17-2)11-6-4-7-13(10-11)20-12-8-9-12/h4,6-7,10,12,15,17H,3,5,8-9H2,1-2H3. The highest BCUT2D eigenvalue weighted by Gasteiger charge is 2.24. The van der Waals surface area contributed by atoms with Crippen LogP contribution in [0.4, 0.5) is 0 Å². The predicted octanol–water partition coefficient (Wildman–Crippen LogP) is 3.34. The number of hydrogen-bond acceptors (Lipinski definition) is 5. The molecule has 1 fully saturated rings. The minimum Gasteiger partial charge on any atom is -0.490 e. The molecule has 2 aromatic rings. The highest BCUT2D eigenvalue weighted by molar-refractivity contribution is 7.05. The van der Waals surface area contributed by atoms with Gasteiger partial charge in [0.05, 0.1) is 22.7 Å². The lowest BCUT2D eigenvalue weighted by molar-refractivity contribution is 0.302. The SMILES string of the molecule is CCCc1nnsc1C(NC)c1cccc(OC2CC2)c1. The fourth-order valence-corrected chi connectivity index (χ4v) is 3.27. The summed E-state index contributed by atoms with van der Waals surface area (Å²) in [6.45, 7) is 2.17. The number of benzene rings is 1. The summed E-state index contributed by atoms with van der Waals surface area (Å²) in [7, 11) is 1.98. The summed E-state index contributed by atoms with van der Waals surface area (Å²) in [5, 5.41) is 7.67. The Balaban J connectivity index is 1.86. The van der Waals surface area contributed by atoms with Crippen LogP contribution in [-0.4, -0.2) is 22.7 Å². The Bertz CT molecular complexity index is 595. The van der Waals surface area contributed by atoms with Gasteiger partial charge >= 0.3 is 0 Å². The first-order chi connectivity index (χ1) is 10.3. The van der Waals surface area contributed by atoms with Crippen molar-refractivity contribution >= 4 is 11.5 Å². The van der Waals surface area contributed by atoms with E-state index in [9.17, 15) is 0 Å². The highest BCUT2D eigenvalue weighted by Crippen LogP contribution is 2.32. The fraction of sp³-hybridized carbons (Fsp3) is 0.500. The minimum atomic E-state index is 0.134. The average molecular weight is 303 g/mol. The summed E-state index contributed by atoms with van der Waals surface area (Å²) in [5.74, 6) is 0.963. The zero-order valence-corrected chi connectivity index (χ0v) is 13.3. The molecule has 4 nitrogen and oxygen atoms in total. The van der Waals surface area contributed by atoms with E-state index in [2.05, 4.69) is 40.0 Å². The van der Waals surface area contributed by atoms with E-state index in [4.69, 9.17) is 4.74 Å². The van der Waals surface area contributed by atoms with Gasteiger partial charge in [-0.2, -0.15) is 0 Å². The lowest BCUT2D eigenvalue weighted by Crippen LogP contribution is -2.18. The summed E-state index contributed by atoms with van der Waals surface area (Å²) in [6, 6.07) is 8.50. The van der Waals surface area contributed by atoms with Crippen molar-refractivity contribution in [2.75, 3.05) is 7.05 Å². The summed E-state index contributed by atoms with van der Waals surface area (Å²) in [4.78, 5) is 1.21. The van der Waals surface area contributed by atoms with Crippen molar-refractivity contribution in [1.29, 1.82) is 0 Å². The van der Waals surface area contributed by atoms with E-state index in [1.807, 2.05) is 13.1 Å². The van der Waals surface area contributed by atoms with Crippen molar-refractivity contribution in [2.24, 2.45) is 0 Å². The number of aromatic nitrogens is 2. The molecule has 1 saturated carbocycles. The maximum Gasteiger partial charge on any atom is 0.120 e. The van der Waals surface area contributed by atoms with Gasteiger partial charge in [-0.3, -0.25) is 0 Å². The molecule has 0 saturated heterocycles. The van der Waals surface area contributed by atoms with Gasteiger partial charge in [-0.1, -0.05) is 30.0 Å². The van der Waals surface area contributed by atoms with Gasteiger partial charge in [-0.05, 0) is 55.5 Å². The molecule has 1 heterocycles. The van der Waals surface area contributed by atoms with Crippen molar-refractivity contribution in [1.82, 2.24) is 14.9 Å². The molecule has 21 heavy (non-hydrogen) atoms. The Morgan fingerprint density at radius 3 is 3.00 bits per heavy atom. The first-order valence-corrected chi connectivity index (χ1v) is 8.34. The largest absolute Gasteiger partial charge is 0.490 e. The van der Waals surface area contributed by atoms with E-state index in [-0.39, 0.29) is 6.04 Å². The summed E-state index contributed by atoms with van der Waals surface area (Å²) >= 11 is 1.48. The second-order valence-electron chi connectivity index (χ2n) is 5.45. The molecule has 5 heteroatoms. The number of nitrogens with zero attached hydrogens (tertiary/aromatic N) is 2. The molecule has 112 valence electrons. The monoisotopic (exact) mass is 303 g/mol. The predicted molar refractivity (Wildman–Crippen MR) is 84.9 cm³/mol. The molecular weight excluding hydrogens is 282 g/mol. The molecule has 1 N–H and O–H groups in total. The molecule has 0 radical (unpaired) electrons. The number of aryl methyl sites for hydroxylation is 1.